The lowest BCUT2D eigenvalue weighted by Crippen LogP contribution is -2.14. The summed E-state index contributed by atoms with van der Waals surface area (Å²) in [7, 11) is -2.07. The minimum Gasteiger partial charge on any atom is -0.493 e. The van der Waals surface area contributed by atoms with E-state index in [1.807, 2.05) is 12.1 Å². The summed E-state index contributed by atoms with van der Waals surface area (Å²) in [6.45, 7) is 2.10. The highest BCUT2D eigenvalue weighted by molar-refractivity contribution is 7.92. The van der Waals surface area contributed by atoms with E-state index in [1.165, 1.54) is 0 Å². The van der Waals surface area contributed by atoms with Crippen LogP contribution in [0.2, 0.25) is 0 Å². The Morgan fingerprint density at radius 2 is 1.74 bits per heavy atom. The number of nitrogens with one attached hydrogen (secondary N) is 1. The van der Waals surface area contributed by atoms with E-state index >= 15 is 0 Å². The van der Waals surface area contributed by atoms with Gasteiger partial charge in [-0.05, 0) is 61.9 Å². The van der Waals surface area contributed by atoms with Crippen molar-refractivity contribution in [1.82, 2.24) is 0 Å². The van der Waals surface area contributed by atoms with E-state index < -0.39 is 10.0 Å². The Morgan fingerprint density at radius 3 is 2.37 bits per heavy atom. The Balaban J connectivity index is 1.78. The summed E-state index contributed by atoms with van der Waals surface area (Å²) >= 11 is 0. The smallest absolute Gasteiger partial charge is 0.261 e. The molecule has 5 nitrogen and oxygen atoms in total. The second kappa shape index (κ2) is 8.65. The van der Waals surface area contributed by atoms with Gasteiger partial charge in [-0.1, -0.05) is 25.5 Å². The normalized spacial score (nSPS) is 14.9. The monoisotopic (exact) mass is 389 g/mol. The first-order valence-corrected chi connectivity index (χ1v) is 11.0. The lowest BCUT2D eigenvalue weighted by molar-refractivity contribution is 0.201. The quantitative estimate of drug-likeness (QED) is 0.706. The van der Waals surface area contributed by atoms with Gasteiger partial charge >= 0.3 is 0 Å². The van der Waals surface area contributed by atoms with Crippen molar-refractivity contribution in [3.63, 3.8) is 0 Å². The molecule has 6 heteroatoms. The molecule has 2 aromatic carbocycles. The summed E-state index contributed by atoms with van der Waals surface area (Å²) in [6.07, 6.45) is 6.48. The van der Waals surface area contributed by atoms with Gasteiger partial charge in [-0.3, -0.25) is 4.72 Å². The van der Waals surface area contributed by atoms with Crippen molar-refractivity contribution in [3.8, 4) is 11.5 Å². The highest BCUT2D eigenvalue weighted by Gasteiger charge is 2.20. The van der Waals surface area contributed by atoms with Gasteiger partial charge in [-0.25, -0.2) is 8.42 Å². The molecule has 1 fully saturated rings. The second-order valence-corrected chi connectivity index (χ2v) is 8.57. The molecule has 1 saturated carbocycles. The first kappa shape index (κ1) is 19.5. The molecular formula is C21H27NO4S. The van der Waals surface area contributed by atoms with E-state index in [0.717, 1.165) is 44.1 Å². The van der Waals surface area contributed by atoms with Crippen molar-refractivity contribution >= 4 is 15.7 Å². The van der Waals surface area contributed by atoms with Crippen LogP contribution >= 0.6 is 0 Å². The van der Waals surface area contributed by atoms with Gasteiger partial charge in [0, 0.05) is 6.07 Å². The average molecular weight is 390 g/mol. The van der Waals surface area contributed by atoms with Crippen LogP contribution in [0.1, 0.15) is 44.6 Å². The second-order valence-electron chi connectivity index (χ2n) is 6.89. The van der Waals surface area contributed by atoms with Crippen LogP contribution in [-0.2, 0) is 16.4 Å². The molecular weight excluding hydrogens is 362 g/mol. The van der Waals surface area contributed by atoms with E-state index in [0.29, 0.717) is 17.2 Å². The molecule has 146 valence electrons. The molecule has 0 spiro atoms. The van der Waals surface area contributed by atoms with Crippen LogP contribution < -0.4 is 14.2 Å². The Morgan fingerprint density at radius 1 is 1.04 bits per heavy atom. The molecule has 27 heavy (non-hydrogen) atoms. The molecule has 0 bridgehead atoms. The van der Waals surface area contributed by atoms with Crippen molar-refractivity contribution in [3.05, 3.63) is 48.0 Å². The SMILES string of the molecule is CCCc1ccc(S(=O)(=O)Nc2ccc(OC)c(OC3CCCC3)c2)cc1. The highest BCUT2D eigenvalue weighted by Crippen LogP contribution is 2.34. The van der Waals surface area contributed by atoms with E-state index in [1.54, 1.807) is 37.4 Å². The van der Waals surface area contributed by atoms with Crippen LogP contribution in [0.4, 0.5) is 5.69 Å². The average Bonchev–Trinajstić information content (AvgIpc) is 3.15. The number of anilines is 1. The summed E-state index contributed by atoms with van der Waals surface area (Å²) in [5.41, 5.74) is 1.59. The lowest BCUT2D eigenvalue weighted by atomic mass is 10.1. The van der Waals surface area contributed by atoms with Crippen molar-refractivity contribution in [2.75, 3.05) is 11.8 Å². The molecule has 1 aliphatic rings. The summed E-state index contributed by atoms with van der Waals surface area (Å²) in [4.78, 5) is 0.247. The van der Waals surface area contributed by atoms with Crippen molar-refractivity contribution in [1.29, 1.82) is 0 Å². The Bertz CT molecular complexity index is 856. The van der Waals surface area contributed by atoms with Crippen LogP contribution in [0.3, 0.4) is 0 Å². The Labute approximate surface area is 161 Å². The van der Waals surface area contributed by atoms with Gasteiger partial charge in [-0.2, -0.15) is 0 Å². The zero-order valence-corrected chi connectivity index (χ0v) is 16.7. The molecule has 0 amide bonds. The molecule has 1 N–H and O–H groups in total. The zero-order chi connectivity index (χ0) is 19.3. The molecule has 0 aliphatic heterocycles. The predicted octanol–water partition coefficient (Wildman–Crippen LogP) is 4.77. The molecule has 0 atom stereocenters. The Hall–Kier alpha value is -2.21. The van der Waals surface area contributed by atoms with E-state index in [2.05, 4.69) is 11.6 Å². The fourth-order valence-electron chi connectivity index (χ4n) is 3.36. The first-order valence-electron chi connectivity index (χ1n) is 9.48. The highest BCUT2D eigenvalue weighted by atomic mass is 32.2. The number of rotatable bonds is 8. The molecule has 0 saturated heterocycles. The molecule has 0 unspecified atom stereocenters. The summed E-state index contributed by atoms with van der Waals surface area (Å²) < 4.78 is 39.4. The minimum absolute atomic E-state index is 0.164. The number of methoxy groups -OCH3 is 1. The van der Waals surface area contributed by atoms with Crippen molar-refractivity contribution < 1.29 is 17.9 Å². The van der Waals surface area contributed by atoms with Gasteiger partial charge in [0.25, 0.3) is 10.0 Å². The number of benzene rings is 2. The van der Waals surface area contributed by atoms with Crippen LogP contribution in [-0.4, -0.2) is 21.6 Å². The molecule has 0 aromatic heterocycles. The maximum Gasteiger partial charge on any atom is 0.261 e. The molecule has 0 heterocycles. The Kier molecular flexibility index (Phi) is 6.26. The largest absolute Gasteiger partial charge is 0.493 e. The molecule has 3 rings (SSSR count). The fraction of sp³-hybridized carbons (Fsp3) is 0.429. The molecule has 1 aliphatic carbocycles. The van der Waals surface area contributed by atoms with Crippen LogP contribution in [0.15, 0.2) is 47.4 Å². The molecule has 0 radical (unpaired) electrons. The van der Waals surface area contributed by atoms with Gasteiger partial charge in [-0.15, -0.1) is 0 Å². The zero-order valence-electron chi connectivity index (χ0n) is 15.9. The number of ether oxygens (including phenoxy) is 2. The van der Waals surface area contributed by atoms with Crippen LogP contribution in [0, 0.1) is 0 Å². The topological polar surface area (TPSA) is 64.6 Å². The van der Waals surface area contributed by atoms with Gasteiger partial charge in [0.05, 0.1) is 23.8 Å². The van der Waals surface area contributed by atoms with Gasteiger partial charge < -0.3 is 9.47 Å². The van der Waals surface area contributed by atoms with E-state index in [-0.39, 0.29) is 11.0 Å². The van der Waals surface area contributed by atoms with Crippen LogP contribution in [0.5, 0.6) is 11.5 Å². The summed E-state index contributed by atoms with van der Waals surface area (Å²) in [5, 5.41) is 0. The third-order valence-electron chi connectivity index (χ3n) is 4.78. The van der Waals surface area contributed by atoms with Gasteiger partial charge in [0.1, 0.15) is 0 Å². The number of sulfonamides is 1. The van der Waals surface area contributed by atoms with Gasteiger partial charge in [0.15, 0.2) is 11.5 Å². The summed E-state index contributed by atoms with van der Waals surface area (Å²) in [6, 6.07) is 12.1. The van der Waals surface area contributed by atoms with Crippen LogP contribution in [0.25, 0.3) is 0 Å². The van der Waals surface area contributed by atoms with Crippen molar-refractivity contribution in [2.45, 2.75) is 56.4 Å². The van der Waals surface area contributed by atoms with E-state index in [4.69, 9.17) is 9.47 Å². The minimum atomic E-state index is -3.65. The predicted molar refractivity (Wildman–Crippen MR) is 107 cm³/mol. The first-order chi connectivity index (χ1) is 13.0. The van der Waals surface area contributed by atoms with Gasteiger partial charge in [0.2, 0.25) is 0 Å². The maximum atomic E-state index is 12.7. The fourth-order valence-corrected chi connectivity index (χ4v) is 4.41. The third-order valence-corrected chi connectivity index (χ3v) is 6.18. The lowest BCUT2D eigenvalue weighted by Gasteiger charge is -2.17. The number of hydrogen-bond acceptors (Lipinski definition) is 4. The third kappa shape index (κ3) is 4.95. The maximum absolute atomic E-state index is 12.7. The molecule has 2 aromatic rings. The standard InChI is InChI=1S/C21H27NO4S/c1-3-6-16-9-12-19(13-10-16)27(23,24)22-17-11-14-20(25-2)21(15-17)26-18-7-4-5-8-18/h9-15,18,22H,3-8H2,1-2H3. The van der Waals surface area contributed by atoms with Crippen molar-refractivity contribution in [2.24, 2.45) is 0 Å². The van der Waals surface area contributed by atoms with E-state index in [9.17, 15) is 8.42 Å². The number of aryl methyl sites for hydroxylation is 1. The number of hydrogen-bond donors (Lipinski definition) is 1. The summed E-state index contributed by atoms with van der Waals surface area (Å²) in [5.74, 6) is 1.18.